The van der Waals surface area contributed by atoms with Crippen LogP contribution in [0.4, 0.5) is 0 Å². The number of rotatable bonds is 5. The minimum absolute atomic E-state index is 0.737. The van der Waals surface area contributed by atoms with Crippen molar-refractivity contribution in [3.8, 4) is 0 Å². The Morgan fingerprint density at radius 2 is 1.76 bits per heavy atom. The lowest BCUT2D eigenvalue weighted by molar-refractivity contribution is -0.150. The SMILES string of the molecule is CN(C)CCN1CCN(C(C)(C)C(=O)O)CC1. The highest BCUT2D eigenvalue weighted by molar-refractivity contribution is 5.77. The van der Waals surface area contributed by atoms with E-state index in [2.05, 4.69) is 28.8 Å². The van der Waals surface area contributed by atoms with Crippen molar-refractivity contribution in [1.29, 1.82) is 0 Å². The molecule has 1 aliphatic heterocycles. The summed E-state index contributed by atoms with van der Waals surface area (Å²) >= 11 is 0. The number of nitrogens with zero attached hydrogens (tertiary/aromatic N) is 3. The molecule has 0 aromatic heterocycles. The molecule has 5 nitrogen and oxygen atoms in total. The van der Waals surface area contributed by atoms with Crippen LogP contribution in [0.5, 0.6) is 0 Å². The number of hydrogen-bond donors (Lipinski definition) is 1. The average Bonchev–Trinajstić information content (AvgIpc) is 2.26. The van der Waals surface area contributed by atoms with Gasteiger partial charge in [-0.05, 0) is 27.9 Å². The summed E-state index contributed by atoms with van der Waals surface area (Å²) < 4.78 is 0. The van der Waals surface area contributed by atoms with E-state index in [-0.39, 0.29) is 0 Å². The Labute approximate surface area is 104 Å². The zero-order valence-corrected chi connectivity index (χ0v) is 11.4. The summed E-state index contributed by atoms with van der Waals surface area (Å²) in [6, 6.07) is 0. The van der Waals surface area contributed by atoms with Crippen molar-refractivity contribution < 1.29 is 9.90 Å². The first-order valence-electron chi connectivity index (χ1n) is 6.19. The summed E-state index contributed by atoms with van der Waals surface area (Å²) in [6.45, 7) is 9.29. The van der Waals surface area contributed by atoms with Crippen LogP contribution in [-0.2, 0) is 4.79 Å². The third kappa shape index (κ3) is 3.94. The van der Waals surface area contributed by atoms with Gasteiger partial charge < -0.3 is 10.0 Å². The number of carboxylic acids is 1. The van der Waals surface area contributed by atoms with Crippen molar-refractivity contribution >= 4 is 5.97 Å². The average molecular weight is 243 g/mol. The lowest BCUT2D eigenvalue weighted by atomic mass is 10.0. The molecule has 0 radical (unpaired) electrons. The van der Waals surface area contributed by atoms with Gasteiger partial charge in [-0.2, -0.15) is 0 Å². The molecule has 0 amide bonds. The normalized spacial score (nSPS) is 19.8. The van der Waals surface area contributed by atoms with Crippen molar-refractivity contribution in [1.82, 2.24) is 14.7 Å². The smallest absolute Gasteiger partial charge is 0.323 e. The molecule has 0 bridgehead atoms. The van der Waals surface area contributed by atoms with Crippen LogP contribution < -0.4 is 0 Å². The van der Waals surface area contributed by atoms with Crippen molar-refractivity contribution in [3.63, 3.8) is 0 Å². The van der Waals surface area contributed by atoms with Crippen LogP contribution in [0.1, 0.15) is 13.8 Å². The van der Waals surface area contributed by atoms with Gasteiger partial charge in [0.2, 0.25) is 0 Å². The maximum Gasteiger partial charge on any atom is 0.323 e. The number of piperazine rings is 1. The molecule has 0 aromatic rings. The van der Waals surface area contributed by atoms with E-state index in [4.69, 9.17) is 0 Å². The van der Waals surface area contributed by atoms with E-state index in [0.717, 1.165) is 39.3 Å². The van der Waals surface area contributed by atoms with Gasteiger partial charge in [0.1, 0.15) is 5.54 Å². The number of aliphatic carboxylic acids is 1. The quantitative estimate of drug-likeness (QED) is 0.738. The molecule has 1 N–H and O–H groups in total. The molecule has 0 aromatic carbocycles. The highest BCUT2D eigenvalue weighted by atomic mass is 16.4. The molecule has 0 spiro atoms. The monoisotopic (exact) mass is 243 g/mol. The maximum atomic E-state index is 11.2. The van der Waals surface area contributed by atoms with Gasteiger partial charge in [-0.25, -0.2) is 0 Å². The third-order valence-electron chi connectivity index (χ3n) is 3.55. The largest absolute Gasteiger partial charge is 0.480 e. The van der Waals surface area contributed by atoms with Crippen LogP contribution in [0.2, 0.25) is 0 Å². The zero-order chi connectivity index (χ0) is 13.1. The third-order valence-corrected chi connectivity index (χ3v) is 3.55. The first kappa shape index (κ1) is 14.4. The predicted octanol–water partition coefficient (Wildman–Crippen LogP) is 0.0288. The minimum Gasteiger partial charge on any atom is -0.480 e. The summed E-state index contributed by atoms with van der Waals surface area (Å²) in [4.78, 5) is 17.8. The fraction of sp³-hybridized carbons (Fsp3) is 0.917. The van der Waals surface area contributed by atoms with Gasteiger partial charge in [0.25, 0.3) is 0 Å². The molecule has 1 aliphatic rings. The summed E-state index contributed by atoms with van der Waals surface area (Å²) in [5.74, 6) is -0.737. The van der Waals surface area contributed by atoms with Crippen LogP contribution in [0.3, 0.4) is 0 Å². The summed E-state index contributed by atoms with van der Waals surface area (Å²) in [5, 5.41) is 9.17. The lowest BCUT2D eigenvalue weighted by Crippen LogP contribution is -2.58. The van der Waals surface area contributed by atoms with Crippen LogP contribution in [-0.4, -0.2) is 84.7 Å². The second kappa shape index (κ2) is 5.80. The summed E-state index contributed by atoms with van der Waals surface area (Å²) in [5.41, 5.74) is -0.742. The van der Waals surface area contributed by atoms with Gasteiger partial charge >= 0.3 is 5.97 Å². The van der Waals surface area contributed by atoms with Crippen LogP contribution in [0.15, 0.2) is 0 Å². The van der Waals surface area contributed by atoms with Gasteiger partial charge in [-0.15, -0.1) is 0 Å². The topological polar surface area (TPSA) is 47.0 Å². The van der Waals surface area contributed by atoms with Gasteiger partial charge in [-0.1, -0.05) is 0 Å². The Kier molecular flexibility index (Phi) is 4.91. The van der Waals surface area contributed by atoms with E-state index in [1.54, 1.807) is 13.8 Å². The fourth-order valence-corrected chi connectivity index (χ4v) is 2.01. The Hall–Kier alpha value is -0.650. The molecule has 0 aliphatic carbocycles. The van der Waals surface area contributed by atoms with E-state index >= 15 is 0 Å². The van der Waals surface area contributed by atoms with E-state index in [0.29, 0.717) is 0 Å². The van der Waals surface area contributed by atoms with Gasteiger partial charge in [0.15, 0.2) is 0 Å². The maximum absolute atomic E-state index is 11.2. The standard InChI is InChI=1S/C12H25N3O2/c1-12(2,11(16)17)15-9-7-14(8-10-15)6-5-13(3)4/h5-10H2,1-4H3,(H,16,17). The van der Waals surface area contributed by atoms with E-state index in [1.165, 1.54) is 0 Å². The van der Waals surface area contributed by atoms with Crippen molar-refractivity contribution in [2.75, 3.05) is 53.4 Å². The molecule has 1 rings (SSSR count). The molecule has 1 saturated heterocycles. The Morgan fingerprint density at radius 1 is 1.24 bits per heavy atom. The summed E-state index contributed by atoms with van der Waals surface area (Å²) in [6.07, 6.45) is 0. The molecular formula is C12H25N3O2. The van der Waals surface area contributed by atoms with E-state index < -0.39 is 11.5 Å². The van der Waals surface area contributed by atoms with Crippen LogP contribution in [0.25, 0.3) is 0 Å². The first-order chi connectivity index (χ1) is 7.84. The molecule has 17 heavy (non-hydrogen) atoms. The predicted molar refractivity (Wildman–Crippen MR) is 68.3 cm³/mol. The zero-order valence-electron chi connectivity index (χ0n) is 11.4. The first-order valence-corrected chi connectivity index (χ1v) is 6.19. The molecule has 5 heteroatoms. The molecule has 0 atom stereocenters. The Morgan fingerprint density at radius 3 is 2.18 bits per heavy atom. The van der Waals surface area contributed by atoms with Crippen LogP contribution in [0, 0.1) is 0 Å². The molecule has 1 fully saturated rings. The minimum atomic E-state index is -0.742. The lowest BCUT2D eigenvalue weighted by Gasteiger charge is -2.41. The van der Waals surface area contributed by atoms with E-state index in [9.17, 15) is 9.90 Å². The number of hydrogen-bond acceptors (Lipinski definition) is 4. The molecule has 100 valence electrons. The number of likely N-dealkylation sites (N-methyl/N-ethyl adjacent to an activating group) is 1. The molecular weight excluding hydrogens is 218 g/mol. The van der Waals surface area contributed by atoms with Crippen LogP contribution >= 0.6 is 0 Å². The van der Waals surface area contributed by atoms with Crippen molar-refractivity contribution in [3.05, 3.63) is 0 Å². The van der Waals surface area contributed by atoms with Crippen molar-refractivity contribution in [2.24, 2.45) is 0 Å². The Balaban J connectivity index is 2.38. The van der Waals surface area contributed by atoms with Gasteiger partial charge in [0, 0.05) is 39.3 Å². The van der Waals surface area contributed by atoms with Crippen molar-refractivity contribution in [2.45, 2.75) is 19.4 Å². The fourth-order valence-electron chi connectivity index (χ4n) is 2.01. The van der Waals surface area contributed by atoms with Gasteiger partial charge in [-0.3, -0.25) is 14.6 Å². The van der Waals surface area contributed by atoms with E-state index in [1.807, 2.05) is 0 Å². The number of carbonyl (C=O) groups is 1. The molecule has 0 unspecified atom stereocenters. The Bertz CT molecular complexity index is 258. The molecule has 1 heterocycles. The highest BCUT2D eigenvalue weighted by Crippen LogP contribution is 2.17. The second-order valence-electron chi connectivity index (χ2n) is 5.50. The second-order valence-corrected chi connectivity index (χ2v) is 5.50. The number of carboxylic acid groups (broad SMARTS) is 1. The highest BCUT2D eigenvalue weighted by Gasteiger charge is 2.36. The summed E-state index contributed by atoms with van der Waals surface area (Å²) in [7, 11) is 4.15. The molecule has 0 saturated carbocycles. The van der Waals surface area contributed by atoms with Gasteiger partial charge in [0.05, 0.1) is 0 Å².